The largest absolute Gasteiger partial charge is 0.478 e. The molecule has 1 saturated heterocycles. The van der Waals surface area contributed by atoms with E-state index < -0.39 is 5.97 Å². The number of rotatable bonds is 3. The van der Waals surface area contributed by atoms with Gasteiger partial charge in [-0.05, 0) is 29.5 Å². The lowest BCUT2D eigenvalue weighted by Crippen LogP contribution is -2.23. The van der Waals surface area contributed by atoms with Crippen LogP contribution in [0.1, 0.15) is 25.8 Å². The number of nitrogens with zero attached hydrogens (tertiary/aromatic N) is 1. The lowest BCUT2D eigenvalue weighted by Gasteiger charge is -2.24. The van der Waals surface area contributed by atoms with Crippen LogP contribution in [0.4, 0.5) is 5.69 Å². The SMILES string of the molecule is CC1(C)CCN(c2c(Cl)cccc2/C=C/C(=O)O)C1. The van der Waals surface area contributed by atoms with E-state index in [0.717, 1.165) is 36.8 Å². The Bertz CT molecular complexity index is 523. The number of anilines is 1. The molecular weight excluding hydrogens is 262 g/mol. The fourth-order valence-corrected chi connectivity index (χ4v) is 2.77. The molecule has 1 aliphatic heterocycles. The van der Waals surface area contributed by atoms with Crippen LogP contribution in [0.2, 0.25) is 5.02 Å². The number of carbonyl (C=O) groups is 1. The first-order valence-corrected chi connectivity index (χ1v) is 6.71. The van der Waals surface area contributed by atoms with Gasteiger partial charge in [0.2, 0.25) is 0 Å². The summed E-state index contributed by atoms with van der Waals surface area (Å²) in [7, 11) is 0. The van der Waals surface area contributed by atoms with E-state index in [1.807, 2.05) is 18.2 Å². The minimum atomic E-state index is -0.951. The Labute approximate surface area is 118 Å². The second-order valence-electron chi connectivity index (χ2n) is 5.69. The number of para-hydroxylation sites is 1. The van der Waals surface area contributed by atoms with E-state index in [0.29, 0.717) is 5.02 Å². The molecule has 19 heavy (non-hydrogen) atoms. The van der Waals surface area contributed by atoms with Crippen molar-refractivity contribution >= 4 is 29.3 Å². The van der Waals surface area contributed by atoms with Crippen molar-refractivity contribution in [2.24, 2.45) is 5.41 Å². The molecule has 0 aliphatic carbocycles. The van der Waals surface area contributed by atoms with Crippen LogP contribution >= 0.6 is 11.6 Å². The lowest BCUT2D eigenvalue weighted by molar-refractivity contribution is -0.131. The minimum Gasteiger partial charge on any atom is -0.478 e. The van der Waals surface area contributed by atoms with Gasteiger partial charge >= 0.3 is 5.97 Å². The molecule has 1 fully saturated rings. The Hall–Kier alpha value is -1.48. The highest BCUT2D eigenvalue weighted by Gasteiger charge is 2.30. The smallest absolute Gasteiger partial charge is 0.328 e. The van der Waals surface area contributed by atoms with E-state index >= 15 is 0 Å². The molecule has 1 heterocycles. The van der Waals surface area contributed by atoms with Gasteiger partial charge in [-0.1, -0.05) is 37.6 Å². The van der Waals surface area contributed by atoms with Gasteiger partial charge in [0.05, 0.1) is 10.7 Å². The maximum atomic E-state index is 10.7. The number of halogens is 1. The zero-order valence-corrected chi connectivity index (χ0v) is 11.9. The van der Waals surface area contributed by atoms with Crippen LogP contribution < -0.4 is 4.90 Å². The summed E-state index contributed by atoms with van der Waals surface area (Å²) in [4.78, 5) is 12.9. The third kappa shape index (κ3) is 3.29. The number of hydrogen-bond donors (Lipinski definition) is 1. The van der Waals surface area contributed by atoms with E-state index in [4.69, 9.17) is 16.7 Å². The van der Waals surface area contributed by atoms with E-state index in [1.54, 1.807) is 6.08 Å². The van der Waals surface area contributed by atoms with E-state index in [9.17, 15) is 4.79 Å². The van der Waals surface area contributed by atoms with Crippen LogP contribution in [0.25, 0.3) is 6.08 Å². The molecule has 0 aromatic heterocycles. The first-order valence-electron chi connectivity index (χ1n) is 6.33. The Balaban J connectivity index is 2.36. The zero-order valence-electron chi connectivity index (χ0n) is 11.2. The molecule has 1 aliphatic rings. The average molecular weight is 280 g/mol. The number of benzene rings is 1. The van der Waals surface area contributed by atoms with Crippen LogP contribution in [0.3, 0.4) is 0 Å². The Morgan fingerprint density at radius 1 is 1.47 bits per heavy atom. The van der Waals surface area contributed by atoms with Gasteiger partial charge in [-0.25, -0.2) is 4.79 Å². The summed E-state index contributed by atoms with van der Waals surface area (Å²) in [5, 5.41) is 9.42. The summed E-state index contributed by atoms with van der Waals surface area (Å²) < 4.78 is 0. The second kappa shape index (κ2) is 5.25. The zero-order chi connectivity index (χ0) is 14.0. The fourth-order valence-electron chi connectivity index (χ4n) is 2.46. The molecule has 0 saturated carbocycles. The number of carboxylic acid groups (broad SMARTS) is 1. The van der Waals surface area contributed by atoms with Crippen molar-refractivity contribution in [1.82, 2.24) is 0 Å². The number of aliphatic carboxylic acids is 1. The van der Waals surface area contributed by atoms with Gasteiger partial charge in [0.15, 0.2) is 0 Å². The molecule has 0 radical (unpaired) electrons. The molecule has 4 heteroatoms. The van der Waals surface area contributed by atoms with Crippen LogP contribution in [0, 0.1) is 5.41 Å². The predicted molar refractivity (Wildman–Crippen MR) is 78.7 cm³/mol. The molecule has 0 unspecified atom stereocenters. The Kier molecular flexibility index (Phi) is 3.85. The lowest BCUT2D eigenvalue weighted by atomic mass is 9.93. The molecule has 0 amide bonds. The molecular formula is C15H18ClNO2. The summed E-state index contributed by atoms with van der Waals surface area (Å²) in [6.07, 6.45) is 3.87. The van der Waals surface area contributed by atoms with Crippen molar-refractivity contribution < 1.29 is 9.90 Å². The normalized spacial score (nSPS) is 18.2. The Morgan fingerprint density at radius 2 is 2.21 bits per heavy atom. The van der Waals surface area contributed by atoms with Gasteiger partial charge in [0.25, 0.3) is 0 Å². The molecule has 1 aromatic carbocycles. The van der Waals surface area contributed by atoms with Gasteiger partial charge in [0.1, 0.15) is 0 Å². The summed E-state index contributed by atoms with van der Waals surface area (Å²) >= 11 is 6.29. The quantitative estimate of drug-likeness (QED) is 0.858. The standard InChI is InChI=1S/C15H18ClNO2/c1-15(2)8-9-17(10-15)14-11(6-7-13(18)19)4-3-5-12(14)16/h3-7H,8-10H2,1-2H3,(H,18,19)/b7-6+. The van der Waals surface area contributed by atoms with Crippen molar-refractivity contribution in [3.05, 3.63) is 34.9 Å². The molecule has 0 bridgehead atoms. The third-order valence-corrected chi connectivity index (χ3v) is 3.72. The van der Waals surface area contributed by atoms with Crippen molar-refractivity contribution in [1.29, 1.82) is 0 Å². The van der Waals surface area contributed by atoms with Gasteiger partial charge in [-0.2, -0.15) is 0 Å². The number of carboxylic acids is 1. The van der Waals surface area contributed by atoms with Gasteiger partial charge in [0, 0.05) is 19.2 Å². The van der Waals surface area contributed by atoms with E-state index in [-0.39, 0.29) is 5.41 Å². The highest BCUT2D eigenvalue weighted by atomic mass is 35.5. The summed E-state index contributed by atoms with van der Waals surface area (Å²) in [6, 6.07) is 5.58. The summed E-state index contributed by atoms with van der Waals surface area (Å²) in [5.41, 5.74) is 2.06. The predicted octanol–water partition coefficient (Wildman–Crippen LogP) is 3.67. The number of hydrogen-bond acceptors (Lipinski definition) is 2. The monoisotopic (exact) mass is 279 g/mol. The van der Waals surface area contributed by atoms with E-state index in [1.165, 1.54) is 0 Å². The first-order chi connectivity index (χ1) is 8.89. The van der Waals surface area contributed by atoms with Gasteiger partial charge in [-0.3, -0.25) is 0 Å². The van der Waals surface area contributed by atoms with Crippen LogP contribution in [0.5, 0.6) is 0 Å². The molecule has 0 atom stereocenters. The second-order valence-corrected chi connectivity index (χ2v) is 6.09. The van der Waals surface area contributed by atoms with Gasteiger partial charge in [-0.15, -0.1) is 0 Å². The molecule has 2 rings (SSSR count). The fraction of sp³-hybridized carbons (Fsp3) is 0.400. The molecule has 1 N–H and O–H groups in total. The molecule has 1 aromatic rings. The summed E-state index contributed by atoms with van der Waals surface area (Å²) in [5.74, 6) is -0.951. The molecule has 3 nitrogen and oxygen atoms in total. The average Bonchev–Trinajstić information content (AvgIpc) is 2.66. The first kappa shape index (κ1) is 13.9. The highest BCUT2D eigenvalue weighted by Crippen LogP contribution is 2.38. The molecule has 102 valence electrons. The van der Waals surface area contributed by atoms with Crippen LogP contribution in [0.15, 0.2) is 24.3 Å². The van der Waals surface area contributed by atoms with Crippen LogP contribution in [-0.2, 0) is 4.79 Å². The van der Waals surface area contributed by atoms with Gasteiger partial charge < -0.3 is 10.0 Å². The van der Waals surface area contributed by atoms with Crippen molar-refractivity contribution in [2.75, 3.05) is 18.0 Å². The highest BCUT2D eigenvalue weighted by molar-refractivity contribution is 6.33. The topological polar surface area (TPSA) is 40.5 Å². The summed E-state index contributed by atoms with van der Waals surface area (Å²) in [6.45, 7) is 6.35. The van der Waals surface area contributed by atoms with Crippen molar-refractivity contribution in [3.8, 4) is 0 Å². The minimum absolute atomic E-state index is 0.271. The maximum Gasteiger partial charge on any atom is 0.328 e. The van der Waals surface area contributed by atoms with Crippen molar-refractivity contribution in [3.63, 3.8) is 0 Å². The Morgan fingerprint density at radius 3 is 2.79 bits per heavy atom. The van der Waals surface area contributed by atoms with Crippen LogP contribution in [-0.4, -0.2) is 24.2 Å². The van der Waals surface area contributed by atoms with E-state index in [2.05, 4.69) is 18.7 Å². The molecule has 0 spiro atoms. The third-order valence-electron chi connectivity index (χ3n) is 3.42. The van der Waals surface area contributed by atoms with Crippen molar-refractivity contribution in [2.45, 2.75) is 20.3 Å². The maximum absolute atomic E-state index is 10.7.